The number of Topliss-reactive ketones (excluding diaryl/α,β-unsaturated/α-hetero) is 1. The van der Waals surface area contributed by atoms with E-state index in [2.05, 4.69) is 15.8 Å². The molecule has 10 heteroatoms. The van der Waals surface area contributed by atoms with Crippen LogP contribution < -0.4 is 15.8 Å². The van der Waals surface area contributed by atoms with E-state index in [9.17, 15) is 24.0 Å². The summed E-state index contributed by atoms with van der Waals surface area (Å²) < 4.78 is 5.18. The van der Waals surface area contributed by atoms with Crippen molar-refractivity contribution in [2.24, 2.45) is 0 Å². The first-order valence-corrected chi connectivity index (χ1v) is 12.7. The number of nitrogens with one attached hydrogen (secondary N) is 2. The van der Waals surface area contributed by atoms with Crippen molar-refractivity contribution in [3.63, 3.8) is 0 Å². The Bertz CT molecular complexity index is 1590. The van der Waals surface area contributed by atoms with Crippen LogP contribution in [0.15, 0.2) is 103 Å². The largest absolute Gasteiger partial charge is 0.454 e. The summed E-state index contributed by atoms with van der Waals surface area (Å²) in [6.07, 6.45) is 2.73. The number of rotatable bonds is 9. The highest BCUT2D eigenvalue weighted by Gasteiger charge is 2.39. The van der Waals surface area contributed by atoms with E-state index in [0.29, 0.717) is 11.1 Å². The molecule has 1 aliphatic heterocycles. The Balaban J connectivity index is 1.14. The number of anilines is 1. The maximum absolute atomic E-state index is 12.8. The number of ether oxygens (including phenoxy) is 1. The summed E-state index contributed by atoms with van der Waals surface area (Å²) in [4.78, 5) is 67.5. The third-order valence-corrected chi connectivity index (χ3v) is 6.44. The van der Waals surface area contributed by atoms with E-state index in [1.807, 2.05) is 42.5 Å². The summed E-state index contributed by atoms with van der Waals surface area (Å²) in [5, 5.41) is 0. The van der Waals surface area contributed by atoms with Crippen molar-refractivity contribution in [3.8, 4) is 11.1 Å². The number of pyridine rings is 1. The van der Waals surface area contributed by atoms with Crippen molar-refractivity contribution in [1.82, 2.24) is 15.8 Å². The molecule has 3 amide bonds. The van der Waals surface area contributed by atoms with Gasteiger partial charge in [0.2, 0.25) is 5.91 Å². The zero-order valence-electron chi connectivity index (χ0n) is 21.7. The van der Waals surface area contributed by atoms with Crippen LogP contribution in [0.1, 0.15) is 37.5 Å². The molecule has 1 aliphatic rings. The first-order valence-electron chi connectivity index (χ1n) is 12.7. The van der Waals surface area contributed by atoms with Gasteiger partial charge < -0.3 is 4.74 Å². The van der Waals surface area contributed by atoms with Gasteiger partial charge >= 0.3 is 5.97 Å². The van der Waals surface area contributed by atoms with Gasteiger partial charge in [0.15, 0.2) is 12.4 Å². The van der Waals surface area contributed by atoms with E-state index >= 15 is 0 Å². The van der Waals surface area contributed by atoms with E-state index in [1.165, 1.54) is 36.7 Å². The Kier molecular flexibility index (Phi) is 8.03. The number of nitrogens with zero attached hydrogens (tertiary/aromatic N) is 2. The number of amides is 3. The molecular weight excluding hydrogens is 524 g/mol. The second kappa shape index (κ2) is 12.1. The van der Waals surface area contributed by atoms with Crippen LogP contribution in [0.4, 0.5) is 5.69 Å². The molecule has 0 aliphatic carbocycles. The van der Waals surface area contributed by atoms with Crippen LogP contribution in [0.3, 0.4) is 0 Å². The Morgan fingerprint density at radius 1 is 0.805 bits per heavy atom. The number of imide groups is 1. The molecule has 4 aromatic rings. The zero-order chi connectivity index (χ0) is 28.8. The smallest absolute Gasteiger partial charge is 0.338 e. The topological polar surface area (TPSA) is 135 Å². The lowest BCUT2D eigenvalue weighted by Gasteiger charge is -2.16. The number of ketones is 1. The second-order valence-electron chi connectivity index (χ2n) is 9.15. The Morgan fingerprint density at radius 2 is 1.49 bits per heavy atom. The summed E-state index contributed by atoms with van der Waals surface area (Å²) in [5.41, 5.74) is 8.12. The van der Waals surface area contributed by atoms with Crippen molar-refractivity contribution >= 4 is 35.2 Å². The molecule has 0 saturated carbocycles. The van der Waals surface area contributed by atoms with Gasteiger partial charge in [-0.3, -0.25) is 29.6 Å². The second-order valence-corrected chi connectivity index (χ2v) is 9.15. The first kappa shape index (κ1) is 27.1. The fourth-order valence-corrected chi connectivity index (χ4v) is 4.26. The SMILES string of the molecule is O=C(COC(=O)c1ccc(N2C(=O)CC(NNC(=O)c3cccnc3)C2=O)cc1)c1ccc(-c2ccccc2)cc1. The van der Waals surface area contributed by atoms with Gasteiger partial charge in [-0.05, 0) is 47.5 Å². The number of hydrogen-bond acceptors (Lipinski definition) is 8. The molecule has 1 saturated heterocycles. The summed E-state index contributed by atoms with van der Waals surface area (Å²) in [6, 6.07) is 24.7. The van der Waals surface area contributed by atoms with Crippen LogP contribution in [0.2, 0.25) is 0 Å². The number of hydrogen-bond donors (Lipinski definition) is 2. The molecule has 1 fully saturated rings. The Labute approximate surface area is 234 Å². The molecule has 2 heterocycles. The van der Waals surface area contributed by atoms with E-state index < -0.39 is 36.3 Å². The summed E-state index contributed by atoms with van der Waals surface area (Å²) in [5.74, 6) is -2.59. The van der Waals surface area contributed by atoms with Crippen molar-refractivity contribution in [2.45, 2.75) is 12.5 Å². The standard InChI is InChI=1S/C31H24N4O6/c36-27(22-10-8-21(9-11-22)20-5-2-1-3-6-20)19-41-31(40)23-12-14-25(15-13-23)35-28(37)17-26(30(35)39)33-34-29(38)24-7-4-16-32-18-24/h1-16,18,26,33H,17,19H2,(H,34,38). The van der Waals surface area contributed by atoms with Crippen LogP contribution in [0.5, 0.6) is 0 Å². The predicted octanol–water partition coefficient (Wildman–Crippen LogP) is 3.35. The molecule has 1 atom stereocenters. The normalized spacial score (nSPS) is 14.5. The van der Waals surface area contributed by atoms with Crippen molar-refractivity contribution in [1.29, 1.82) is 0 Å². The van der Waals surface area contributed by atoms with Crippen molar-refractivity contribution in [2.75, 3.05) is 11.5 Å². The lowest BCUT2D eigenvalue weighted by Crippen LogP contribution is -2.48. The molecule has 41 heavy (non-hydrogen) atoms. The zero-order valence-corrected chi connectivity index (χ0v) is 21.7. The fourth-order valence-electron chi connectivity index (χ4n) is 4.26. The molecule has 0 spiro atoms. The number of aromatic nitrogens is 1. The van der Waals surface area contributed by atoms with E-state index in [-0.39, 0.29) is 23.5 Å². The predicted molar refractivity (Wildman–Crippen MR) is 149 cm³/mol. The molecule has 10 nitrogen and oxygen atoms in total. The quantitative estimate of drug-likeness (QED) is 0.141. The molecule has 5 rings (SSSR count). The van der Waals surface area contributed by atoms with Gasteiger partial charge in [-0.1, -0.05) is 54.6 Å². The summed E-state index contributed by atoms with van der Waals surface area (Å²) in [7, 11) is 0. The number of esters is 1. The lowest BCUT2D eigenvalue weighted by atomic mass is 10.0. The number of hydrazine groups is 1. The highest BCUT2D eigenvalue weighted by molar-refractivity contribution is 6.22. The lowest BCUT2D eigenvalue weighted by molar-refractivity contribution is -0.121. The third-order valence-electron chi connectivity index (χ3n) is 6.44. The van der Waals surface area contributed by atoms with E-state index in [4.69, 9.17) is 4.74 Å². The number of carbonyl (C=O) groups is 5. The molecule has 204 valence electrons. The summed E-state index contributed by atoms with van der Waals surface area (Å²) >= 11 is 0. The van der Waals surface area contributed by atoms with Gasteiger partial charge in [-0.15, -0.1) is 0 Å². The maximum Gasteiger partial charge on any atom is 0.338 e. The third kappa shape index (κ3) is 6.23. The minimum atomic E-state index is -0.958. The van der Waals surface area contributed by atoms with Crippen LogP contribution >= 0.6 is 0 Å². The summed E-state index contributed by atoms with van der Waals surface area (Å²) in [6.45, 7) is -0.438. The average Bonchev–Trinajstić information content (AvgIpc) is 3.31. The Hall–Kier alpha value is -5.48. The highest BCUT2D eigenvalue weighted by Crippen LogP contribution is 2.24. The van der Waals surface area contributed by atoms with Gasteiger partial charge in [-0.2, -0.15) is 0 Å². The molecular formula is C31H24N4O6. The maximum atomic E-state index is 12.8. The monoisotopic (exact) mass is 548 g/mol. The minimum Gasteiger partial charge on any atom is -0.454 e. The Morgan fingerprint density at radius 3 is 2.17 bits per heavy atom. The molecule has 0 radical (unpaired) electrons. The molecule has 0 bridgehead atoms. The van der Waals surface area contributed by atoms with Crippen LogP contribution in [-0.2, 0) is 14.3 Å². The number of carbonyl (C=O) groups excluding carboxylic acids is 5. The van der Waals surface area contributed by atoms with E-state index in [1.54, 1.807) is 24.3 Å². The molecule has 2 N–H and O–H groups in total. The van der Waals surface area contributed by atoms with Crippen molar-refractivity contribution < 1.29 is 28.7 Å². The van der Waals surface area contributed by atoms with Gasteiger partial charge in [0.05, 0.1) is 23.2 Å². The molecule has 1 aromatic heterocycles. The average molecular weight is 549 g/mol. The van der Waals surface area contributed by atoms with Crippen LogP contribution in [-0.4, -0.2) is 47.1 Å². The first-order chi connectivity index (χ1) is 19.9. The van der Waals surface area contributed by atoms with Crippen LogP contribution in [0, 0.1) is 0 Å². The van der Waals surface area contributed by atoms with Gasteiger partial charge in [0.25, 0.3) is 11.8 Å². The van der Waals surface area contributed by atoms with Gasteiger partial charge in [0, 0.05) is 18.0 Å². The fraction of sp³-hybridized carbons (Fsp3) is 0.0968. The highest BCUT2D eigenvalue weighted by atomic mass is 16.5. The van der Waals surface area contributed by atoms with Crippen LogP contribution in [0.25, 0.3) is 11.1 Å². The molecule has 1 unspecified atom stereocenters. The molecule has 3 aromatic carbocycles. The number of benzene rings is 3. The van der Waals surface area contributed by atoms with E-state index in [0.717, 1.165) is 16.0 Å². The van der Waals surface area contributed by atoms with Gasteiger partial charge in [0.1, 0.15) is 6.04 Å². The van der Waals surface area contributed by atoms with Gasteiger partial charge in [-0.25, -0.2) is 15.1 Å². The van der Waals surface area contributed by atoms with Crippen molar-refractivity contribution in [3.05, 3.63) is 120 Å². The minimum absolute atomic E-state index is 0.151.